The molecule has 0 spiro atoms. The molecule has 75 heavy (non-hydrogen) atoms. The molecule has 17 heteroatoms. The Bertz CT molecular complexity index is 1490. The third-order valence-electron chi connectivity index (χ3n) is 19.4. The summed E-state index contributed by atoms with van der Waals surface area (Å²) < 4.78 is 222. The molecular weight excluding hydrogens is 1020 g/mol. The van der Waals surface area contributed by atoms with Crippen molar-refractivity contribution in [1.29, 1.82) is 0 Å². The van der Waals surface area contributed by atoms with E-state index in [1.807, 2.05) is 13.8 Å². The predicted molar refractivity (Wildman–Crippen MR) is 272 cm³/mol. The molecule has 6 saturated carbocycles. The van der Waals surface area contributed by atoms with E-state index in [0.717, 1.165) is 82.5 Å². The first-order valence-corrected chi connectivity index (χ1v) is 27.7. The lowest BCUT2D eigenvalue weighted by atomic mass is 9.57. The first-order valence-electron chi connectivity index (χ1n) is 27.7. The second kappa shape index (κ2) is 29.0. The molecule has 452 valence electrons. The van der Waals surface area contributed by atoms with Crippen molar-refractivity contribution in [3.05, 3.63) is 0 Å². The quantitative estimate of drug-likeness (QED) is 0.212. The average Bonchev–Trinajstić information content (AvgIpc) is 3.24. The van der Waals surface area contributed by atoms with Crippen molar-refractivity contribution >= 4 is 0 Å². The van der Waals surface area contributed by atoms with Gasteiger partial charge in [0.1, 0.15) is 30.4 Å². The summed E-state index contributed by atoms with van der Waals surface area (Å²) in [6.07, 6.45) is -11.9. The van der Waals surface area contributed by atoms with Crippen molar-refractivity contribution in [1.82, 2.24) is 0 Å². The molecule has 6 aliphatic carbocycles. The second-order valence-electron chi connectivity index (χ2n) is 25.9. The molecule has 0 bridgehead atoms. The summed E-state index contributed by atoms with van der Waals surface area (Å²) >= 11 is 0. The van der Waals surface area contributed by atoms with Gasteiger partial charge in [0.25, 0.3) is 5.92 Å². The number of halogens is 17. The SMILES string of the molecule is C.CC1C(C(F)(F)F)C(C(F)(F)F)[C@@H](C)[C@@H](C)C1C(F)(F)F.CC1C(F)C(F)[C@@H](C)[C@@H](C)C1F.CC1CC[C@@H](C)[C@@H](C)C1.CC1C[C@H](C)[C@H](C)CC1F.C[C@@H]1CC(F)(F)C(C)(F)C[C@@H]1C.C[C@@H]1CCC(C)(F)C[C@@H]1C. The molecule has 0 aromatic rings. The lowest BCUT2D eigenvalue weighted by Gasteiger charge is -2.50. The van der Waals surface area contributed by atoms with Crippen LogP contribution in [0.2, 0.25) is 0 Å². The molecule has 0 radical (unpaired) electrons. The molecule has 6 aliphatic rings. The highest BCUT2D eigenvalue weighted by atomic mass is 19.4. The van der Waals surface area contributed by atoms with Gasteiger partial charge in [-0.2, -0.15) is 39.5 Å². The Labute approximate surface area is 442 Å². The van der Waals surface area contributed by atoms with Crippen LogP contribution in [-0.2, 0) is 0 Å². The van der Waals surface area contributed by atoms with E-state index in [4.69, 9.17) is 0 Å². The van der Waals surface area contributed by atoms with E-state index < -0.39 is 108 Å². The van der Waals surface area contributed by atoms with Crippen LogP contribution in [-0.4, -0.2) is 60.5 Å². The van der Waals surface area contributed by atoms with Gasteiger partial charge in [-0.05, 0) is 148 Å². The fourth-order valence-electron chi connectivity index (χ4n) is 12.6. The van der Waals surface area contributed by atoms with Crippen LogP contribution in [0.4, 0.5) is 74.6 Å². The predicted octanol–water partition coefficient (Wildman–Crippen LogP) is 21.7. The number of rotatable bonds is 0. The number of alkyl halides is 17. The maximum absolute atomic E-state index is 13.3. The highest BCUT2D eigenvalue weighted by molar-refractivity contribution is 5.00. The fourth-order valence-corrected chi connectivity index (χ4v) is 12.6. The largest absolute Gasteiger partial charge is 0.392 e. The highest BCUT2D eigenvalue weighted by Crippen LogP contribution is 2.60. The third kappa shape index (κ3) is 21.0. The molecule has 0 heterocycles. The van der Waals surface area contributed by atoms with Crippen LogP contribution in [0, 0.1) is 112 Å². The molecule has 0 aliphatic heterocycles. The van der Waals surface area contributed by atoms with E-state index in [1.165, 1.54) is 26.2 Å². The zero-order valence-corrected chi connectivity index (χ0v) is 47.8. The Hall–Kier alpha value is -1.19. The van der Waals surface area contributed by atoms with Crippen LogP contribution >= 0.6 is 0 Å². The van der Waals surface area contributed by atoms with Crippen LogP contribution in [0.5, 0.6) is 0 Å². The van der Waals surface area contributed by atoms with Crippen molar-refractivity contribution in [2.75, 3.05) is 0 Å². The molecule has 0 nitrogen and oxygen atoms in total. The zero-order chi connectivity index (χ0) is 58.4. The lowest BCUT2D eigenvalue weighted by Crippen LogP contribution is -2.57. The van der Waals surface area contributed by atoms with Crippen molar-refractivity contribution < 1.29 is 74.6 Å². The summed E-state index contributed by atoms with van der Waals surface area (Å²) in [5, 5.41) is 0. The molecule has 25 atom stereocenters. The number of hydrogen-bond acceptors (Lipinski definition) is 0. The van der Waals surface area contributed by atoms with Crippen molar-refractivity contribution in [3.8, 4) is 0 Å². The van der Waals surface area contributed by atoms with E-state index >= 15 is 0 Å². The minimum atomic E-state index is -5.34. The maximum atomic E-state index is 13.3. The summed E-state index contributed by atoms with van der Waals surface area (Å²) in [4.78, 5) is 0. The smallest absolute Gasteiger partial charge is 0.247 e. The first kappa shape index (κ1) is 73.8. The van der Waals surface area contributed by atoms with Crippen molar-refractivity contribution in [2.45, 2.75) is 257 Å². The van der Waals surface area contributed by atoms with E-state index in [-0.39, 0.29) is 38.0 Å². The van der Waals surface area contributed by atoms with Gasteiger partial charge in [0, 0.05) is 12.3 Å². The molecule has 6 fully saturated rings. The van der Waals surface area contributed by atoms with E-state index in [2.05, 4.69) is 48.5 Å². The number of hydrogen-bond donors (Lipinski definition) is 0. The van der Waals surface area contributed by atoms with E-state index in [0.29, 0.717) is 24.7 Å². The third-order valence-corrected chi connectivity index (χ3v) is 19.4. The normalized spacial score (nSPS) is 46.0. The Kier molecular flexibility index (Phi) is 28.5. The minimum absolute atomic E-state index is 0. The van der Waals surface area contributed by atoms with Crippen molar-refractivity contribution in [3.63, 3.8) is 0 Å². The van der Waals surface area contributed by atoms with Crippen LogP contribution < -0.4 is 0 Å². The molecule has 0 aromatic heterocycles. The molecule has 0 aromatic carbocycles. The molecule has 0 amide bonds. The van der Waals surface area contributed by atoms with Gasteiger partial charge in [-0.1, -0.05) is 131 Å². The van der Waals surface area contributed by atoms with Crippen LogP contribution in [0.15, 0.2) is 0 Å². The lowest BCUT2D eigenvalue weighted by molar-refractivity contribution is -0.321. The average molecular weight is 1120 g/mol. The highest BCUT2D eigenvalue weighted by Gasteiger charge is 2.67. The summed E-state index contributed by atoms with van der Waals surface area (Å²) in [5.41, 5.74) is -3.18. The van der Waals surface area contributed by atoms with Gasteiger partial charge in [-0.3, -0.25) is 0 Å². The van der Waals surface area contributed by atoms with Gasteiger partial charge in [0.05, 0.1) is 17.8 Å². The van der Waals surface area contributed by atoms with Gasteiger partial charge in [-0.25, -0.2) is 35.1 Å². The standard InChI is InChI=1S/C12H15F9.2C9H15F3.2C9H17F.C9H18.CH4/c1-4-5(2)8(11(16,17)18)9(12(19,20)21)6(3)7(4)10(13,14)15;1-6-4-8(3,10)9(11,12)5-7(6)2;1-4-5(2)8(11)9(12)6(3)7(4)10;1-6-4-8(3)9(10)5-7(6)2;1-7-4-5-9(3,10)6-8(7)2;1-7-4-5-8(2)9(3)6-7;/h4-9H,1-3H3;6-7H,4-5H2,1-3H3;4-9H,1-3H3;6-9H,4-5H2,1-3H3;7-8H,4-6H2,1-3H3;7-9H,4-6H2,1-3H3;1H4/t4-,5+,6?,7?,8?,9?;6-,7+,8?;4-,5+,6?,7?,8?,9?;6-,7+,8?,9?;7-,8+,9?;7?,8-,9+;/m101011./s1. The molecule has 13 unspecified atom stereocenters. The van der Waals surface area contributed by atoms with Crippen LogP contribution in [0.25, 0.3) is 0 Å². The van der Waals surface area contributed by atoms with Gasteiger partial charge >= 0.3 is 18.5 Å². The van der Waals surface area contributed by atoms with Gasteiger partial charge in [0.2, 0.25) is 0 Å². The van der Waals surface area contributed by atoms with E-state index in [9.17, 15) is 74.6 Å². The molecule has 0 saturated heterocycles. The Balaban J connectivity index is 0.000000898. The summed E-state index contributed by atoms with van der Waals surface area (Å²) in [6, 6.07) is 0. The van der Waals surface area contributed by atoms with Gasteiger partial charge in [-0.15, -0.1) is 0 Å². The van der Waals surface area contributed by atoms with Gasteiger partial charge in [0.15, 0.2) is 5.67 Å². The van der Waals surface area contributed by atoms with Crippen LogP contribution in [0.3, 0.4) is 0 Å². The fraction of sp³-hybridized carbons (Fsp3) is 1.00. The Morgan fingerprint density at radius 2 is 0.720 bits per heavy atom. The van der Waals surface area contributed by atoms with Gasteiger partial charge < -0.3 is 0 Å². The molecule has 6 rings (SSSR count). The van der Waals surface area contributed by atoms with Crippen LogP contribution in [0.1, 0.15) is 196 Å². The zero-order valence-electron chi connectivity index (χ0n) is 47.8. The summed E-state index contributed by atoms with van der Waals surface area (Å²) in [6.45, 7) is 31.3. The second-order valence-corrected chi connectivity index (χ2v) is 25.9. The first-order chi connectivity index (χ1) is 33.1. The summed E-state index contributed by atoms with van der Waals surface area (Å²) in [7, 11) is 0. The molecule has 0 N–H and O–H groups in total. The Morgan fingerprint density at radius 3 is 1.12 bits per heavy atom. The summed E-state index contributed by atoms with van der Waals surface area (Å²) in [5.74, 6) is -12.7. The topological polar surface area (TPSA) is 0 Å². The Morgan fingerprint density at radius 1 is 0.347 bits per heavy atom. The molecular formula is C58H101F17. The monoisotopic (exact) mass is 1120 g/mol. The van der Waals surface area contributed by atoms with Crippen molar-refractivity contribution in [2.24, 2.45) is 112 Å². The minimum Gasteiger partial charge on any atom is -0.247 e. The van der Waals surface area contributed by atoms with E-state index in [1.54, 1.807) is 27.7 Å². The maximum Gasteiger partial charge on any atom is 0.392 e.